The van der Waals surface area contributed by atoms with Crippen molar-refractivity contribution in [1.29, 1.82) is 0 Å². The van der Waals surface area contributed by atoms with E-state index in [2.05, 4.69) is 215 Å². The van der Waals surface area contributed by atoms with E-state index in [0.717, 1.165) is 33.3 Å². The van der Waals surface area contributed by atoms with E-state index in [9.17, 15) is 0 Å². The Morgan fingerprint density at radius 1 is 0.453 bits per heavy atom. The average molecular weight is 838 g/mol. The maximum absolute atomic E-state index is 7.39. The molecule has 3 aliphatic rings. The summed E-state index contributed by atoms with van der Waals surface area (Å²) in [4.78, 5) is 2.51. The zero-order valence-corrected chi connectivity index (χ0v) is 39.9. The number of fused-ring (bicyclic) bond motifs is 11. The standard InChI is InChI=1S/C62H63NO/c1-58(2,3)40-31-38(32-41(35-40)59(4,5)6)39-33-49-48-21-18-24-55(57(48)64-56(49)54(34-39)60(7,8)9)63(42-25-27-46-44-19-12-14-22-50(44)61(10,11)52(46)36-42)43-26-28-47-45-20-13-15-23-51(45)62(53(47)37-43)29-16-17-30-62/h12-15,18-28,31-37H,16-17,29-30H2,1-11H3. The molecule has 2 heteroatoms. The Labute approximate surface area is 381 Å². The number of anilines is 3. The van der Waals surface area contributed by atoms with Crippen molar-refractivity contribution in [2.75, 3.05) is 4.90 Å². The molecule has 11 rings (SSSR count). The minimum absolute atomic E-state index is 0.0149. The number of rotatable bonds is 4. The van der Waals surface area contributed by atoms with Gasteiger partial charge in [-0.05, 0) is 138 Å². The van der Waals surface area contributed by atoms with Gasteiger partial charge in [-0.25, -0.2) is 0 Å². The van der Waals surface area contributed by atoms with Crippen LogP contribution in [0.15, 0.2) is 138 Å². The fourth-order valence-corrected chi connectivity index (χ4v) is 11.8. The van der Waals surface area contributed by atoms with Gasteiger partial charge in [0.15, 0.2) is 5.58 Å². The van der Waals surface area contributed by atoms with Gasteiger partial charge in [0.2, 0.25) is 0 Å². The summed E-state index contributed by atoms with van der Waals surface area (Å²) >= 11 is 0. The van der Waals surface area contributed by atoms with Gasteiger partial charge in [-0.15, -0.1) is 0 Å². The van der Waals surface area contributed by atoms with Crippen molar-refractivity contribution < 1.29 is 4.42 Å². The summed E-state index contributed by atoms with van der Waals surface area (Å²) in [7, 11) is 0. The number of hydrogen-bond donors (Lipinski definition) is 0. The second kappa shape index (κ2) is 13.8. The molecule has 3 aliphatic carbocycles. The predicted molar refractivity (Wildman–Crippen MR) is 272 cm³/mol. The SMILES string of the molecule is CC(C)(C)c1cc(-c2cc(C(C)(C)C)c3oc4c(N(c5ccc6c(c5)C(C)(C)c5ccccc5-6)c5ccc6c(c5)C5(CCCC5)c5ccccc5-6)cccc4c3c2)cc(C(C)(C)C)c1. The third-order valence-electron chi connectivity index (χ3n) is 15.4. The topological polar surface area (TPSA) is 16.4 Å². The summed E-state index contributed by atoms with van der Waals surface area (Å²) in [5, 5.41) is 2.31. The quantitative estimate of drug-likeness (QED) is 0.176. The smallest absolute Gasteiger partial charge is 0.159 e. The number of para-hydroxylation sites is 1. The highest BCUT2D eigenvalue weighted by Gasteiger charge is 2.45. The van der Waals surface area contributed by atoms with Crippen molar-refractivity contribution in [1.82, 2.24) is 0 Å². The minimum atomic E-state index is -0.165. The van der Waals surface area contributed by atoms with Crippen LogP contribution in [0.2, 0.25) is 0 Å². The molecule has 0 N–H and O–H groups in total. The van der Waals surface area contributed by atoms with Gasteiger partial charge in [0.1, 0.15) is 5.58 Å². The van der Waals surface area contributed by atoms with Crippen LogP contribution < -0.4 is 4.90 Å². The first-order valence-electron chi connectivity index (χ1n) is 23.8. The lowest BCUT2D eigenvalue weighted by atomic mass is 9.76. The summed E-state index contributed by atoms with van der Waals surface area (Å²) in [5.74, 6) is 0. The maximum atomic E-state index is 7.39. The van der Waals surface area contributed by atoms with Gasteiger partial charge < -0.3 is 9.32 Å². The fraction of sp³-hybridized carbons (Fsp3) is 0.323. The molecule has 1 heterocycles. The second-order valence-electron chi connectivity index (χ2n) is 23.0. The molecule has 1 saturated carbocycles. The Kier molecular flexibility index (Phi) is 8.83. The highest BCUT2D eigenvalue weighted by atomic mass is 16.3. The van der Waals surface area contributed by atoms with Crippen LogP contribution in [0.5, 0.6) is 0 Å². The molecule has 1 fully saturated rings. The van der Waals surface area contributed by atoms with Crippen LogP contribution in [-0.2, 0) is 27.1 Å². The molecule has 7 aromatic carbocycles. The van der Waals surface area contributed by atoms with Crippen LogP contribution in [-0.4, -0.2) is 0 Å². The van der Waals surface area contributed by atoms with Crippen molar-refractivity contribution in [3.8, 4) is 33.4 Å². The van der Waals surface area contributed by atoms with Crippen LogP contribution in [0, 0.1) is 0 Å². The fourth-order valence-electron chi connectivity index (χ4n) is 11.8. The van der Waals surface area contributed by atoms with Crippen molar-refractivity contribution in [3.05, 3.63) is 172 Å². The summed E-state index contributed by atoms with van der Waals surface area (Å²) in [6.45, 7) is 25.7. The minimum Gasteiger partial charge on any atom is -0.454 e. The first-order chi connectivity index (χ1) is 30.3. The zero-order valence-electron chi connectivity index (χ0n) is 39.9. The second-order valence-corrected chi connectivity index (χ2v) is 23.0. The van der Waals surface area contributed by atoms with E-state index >= 15 is 0 Å². The molecule has 2 nitrogen and oxygen atoms in total. The van der Waals surface area contributed by atoms with E-state index in [1.165, 1.54) is 104 Å². The summed E-state index contributed by atoms with van der Waals surface area (Å²) in [6.07, 6.45) is 4.91. The number of hydrogen-bond acceptors (Lipinski definition) is 2. The molecule has 0 aliphatic heterocycles. The largest absolute Gasteiger partial charge is 0.454 e. The van der Waals surface area contributed by atoms with Crippen molar-refractivity contribution >= 4 is 39.0 Å². The lowest BCUT2D eigenvalue weighted by Crippen LogP contribution is -2.21. The first-order valence-corrected chi connectivity index (χ1v) is 23.8. The molecule has 1 aromatic heterocycles. The lowest BCUT2D eigenvalue weighted by Gasteiger charge is -2.31. The number of nitrogens with zero attached hydrogens (tertiary/aromatic N) is 1. The lowest BCUT2D eigenvalue weighted by molar-refractivity contribution is 0.550. The molecule has 0 amide bonds. The number of benzene rings is 7. The van der Waals surface area contributed by atoms with Gasteiger partial charge in [-0.3, -0.25) is 0 Å². The third kappa shape index (κ3) is 6.11. The van der Waals surface area contributed by atoms with Crippen LogP contribution in [0.1, 0.15) is 141 Å². The van der Waals surface area contributed by atoms with E-state index in [4.69, 9.17) is 4.42 Å². The molecule has 322 valence electrons. The summed E-state index contributed by atoms with van der Waals surface area (Å²) in [5.41, 5.74) is 22.7. The Morgan fingerprint density at radius 3 is 1.62 bits per heavy atom. The Balaban J connectivity index is 1.16. The molecule has 1 spiro atoms. The van der Waals surface area contributed by atoms with Crippen LogP contribution in [0.25, 0.3) is 55.3 Å². The molecular weight excluding hydrogens is 775 g/mol. The molecular formula is C62H63NO. The first kappa shape index (κ1) is 40.9. The van der Waals surface area contributed by atoms with Crippen molar-refractivity contribution in [2.24, 2.45) is 0 Å². The molecule has 0 radical (unpaired) electrons. The Bertz CT molecular complexity index is 3170. The molecule has 0 bridgehead atoms. The van der Waals surface area contributed by atoms with Gasteiger partial charge in [-0.2, -0.15) is 0 Å². The Morgan fingerprint density at radius 2 is 1.00 bits per heavy atom. The molecule has 0 saturated heterocycles. The summed E-state index contributed by atoms with van der Waals surface area (Å²) in [6, 6.07) is 51.6. The van der Waals surface area contributed by atoms with Crippen LogP contribution in [0.4, 0.5) is 17.1 Å². The molecule has 0 unspecified atom stereocenters. The van der Waals surface area contributed by atoms with Gasteiger partial charge in [0, 0.05) is 38.5 Å². The van der Waals surface area contributed by atoms with Gasteiger partial charge in [0.05, 0.1) is 5.69 Å². The molecule has 64 heavy (non-hydrogen) atoms. The summed E-state index contributed by atoms with van der Waals surface area (Å²) < 4.78 is 7.39. The van der Waals surface area contributed by atoms with Gasteiger partial charge in [0.25, 0.3) is 0 Å². The van der Waals surface area contributed by atoms with Gasteiger partial charge >= 0.3 is 0 Å². The third-order valence-corrected chi connectivity index (χ3v) is 15.4. The van der Waals surface area contributed by atoms with E-state index in [1.807, 2.05) is 0 Å². The normalized spacial score (nSPS) is 16.0. The predicted octanol–water partition coefficient (Wildman–Crippen LogP) is 17.8. The maximum Gasteiger partial charge on any atom is 0.159 e. The van der Waals surface area contributed by atoms with E-state index in [1.54, 1.807) is 0 Å². The van der Waals surface area contributed by atoms with Crippen molar-refractivity contribution in [3.63, 3.8) is 0 Å². The molecule has 8 aromatic rings. The Hall–Kier alpha value is -5.86. The van der Waals surface area contributed by atoms with Gasteiger partial charge in [-0.1, -0.05) is 180 Å². The highest BCUT2D eigenvalue weighted by molar-refractivity contribution is 6.12. The number of furan rings is 1. The van der Waals surface area contributed by atoms with E-state index in [-0.39, 0.29) is 27.1 Å². The van der Waals surface area contributed by atoms with E-state index in [0.29, 0.717) is 0 Å². The van der Waals surface area contributed by atoms with E-state index < -0.39 is 0 Å². The van der Waals surface area contributed by atoms with Crippen molar-refractivity contribution in [2.45, 2.75) is 129 Å². The van der Waals surface area contributed by atoms with Crippen LogP contribution >= 0.6 is 0 Å². The molecule has 0 atom stereocenters. The zero-order chi connectivity index (χ0) is 44.7. The monoisotopic (exact) mass is 837 g/mol. The average Bonchev–Trinajstić information content (AvgIpc) is 4.02. The van der Waals surface area contributed by atoms with Crippen LogP contribution in [0.3, 0.4) is 0 Å². The highest BCUT2D eigenvalue weighted by Crippen LogP contribution is 2.59.